The molecule has 1 rings (SSSR count). The van der Waals surface area contributed by atoms with Gasteiger partial charge in [-0.3, -0.25) is 4.57 Å². The molecule has 0 aliphatic carbocycles. The van der Waals surface area contributed by atoms with Crippen molar-refractivity contribution in [3.63, 3.8) is 0 Å². The molecule has 1 aromatic carbocycles. The van der Waals surface area contributed by atoms with Gasteiger partial charge in [-0.05, 0) is 67.8 Å². The van der Waals surface area contributed by atoms with Gasteiger partial charge in [0.15, 0.2) is 0 Å². The molecule has 5 nitrogen and oxygen atoms in total. The van der Waals surface area contributed by atoms with Crippen LogP contribution >= 0.6 is 7.60 Å². The quantitative estimate of drug-likeness (QED) is 0.245. The van der Waals surface area contributed by atoms with Gasteiger partial charge in [0.1, 0.15) is 11.5 Å². The molecule has 0 aromatic heterocycles. The van der Waals surface area contributed by atoms with Crippen LogP contribution in [0.2, 0.25) is 36.3 Å². The van der Waals surface area contributed by atoms with Gasteiger partial charge in [0.2, 0.25) is 16.6 Å². The van der Waals surface area contributed by atoms with Crippen molar-refractivity contribution < 1.29 is 22.5 Å². The SMILES string of the molecule is CCOP(=O)(Cc1cc(O[Si](C)(C)C(C)(C)C)cc(O[Si](C)(C)C(C)(C)C)c1)OCC. The monoisotopic (exact) mass is 488 g/mol. The normalized spacial score (nSPS) is 13.9. The van der Waals surface area contributed by atoms with Crippen molar-refractivity contribution in [3.8, 4) is 11.5 Å². The molecule has 0 atom stereocenters. The largest absolute Gasteiger partial charge is 0.543 e. The Bertz CT molecular complexity index is 723. The maximum atomic E-state index is 13.2. The highest BCUT2D eigenvalue weighted by molar-refractivity contribution is 7.53. The highest BCUT2D eigenvalue weighted by Gasteiger charge is 2.41. The second-order valence-electron chi connectivity index (χ2n) is 11.1. The molecule has 0 heterocycles. The lowest BCUT2D eigenvalue weighted by atomic mass is 10.2. The molecule has 0 aliphatic rings. The molecule has 180 valence electrons. The third kappa shape index (κ3) is 8.04. The summed E-state index contributed by atoms with van der Waals surface area (Å²) in [5.74, 6) is 1.52. The zero-order valence-corrected chi connectivity index (χ0v) is 24.7. The van der Waals surface area contributed by atoms with E-state index in [1.165, 1.54) is 0 Å². The van der Waals surface area contributed by atoms with Crippen molar-refractivity contribution in [2.75, 3.05) is 13.2 Å². The van der Waals surface area contributed by atoms with E-state index in [1.54, 1.807) is 0 Å². The molecule has 31 heavy (non-hydrogen) atoms. The first-order chi connectivity index (χ1) is 13.9. The topological polar surface area (TPSA) is 54.0 Å². The molecule has 0 spiro atoms. The predicted molar refractivity (Wildman–Crippen MR) is 137 cm³/mol. The summed E-state index contributed by atoms with van der Waals surface area (Å²) >= 11 is 0. The summed E-state index contributed by atoms with van der Waals surface area (Å²) in [5, 5.41) is 0.130. The summed E-state index contributed by atoms with van der Waals surface area (Å²) in [5.41, 5.74) is 0.843. The van der Waals surface area contributed by atoms with Crippen molar-refractivity contribution in [1.82, 2.24) is 0 Å². The van der Waals surface area contributed by atoms with Gasteiger partial charge in [-0.25, -0.2) is 0 Å². The van der Waals surface area contributed by atoms with E-state index >= 15 is 0 Å². The van der Waals surface area contributed by atoms with E-state index in [2.05, 4.69) is 67.7 Å². The fourth-order valence-corrected chi connectivity index (χ4v) is 6.18. The van der Waals surface area contributed by atoms with Crippen molar-refractivity contribution >= 4 is 24.2 Å². The maximum Gasteiger partial charge on any atom is 0.335 e. The second-order valence-corrected chi connectivity index (χ2v) is 22.6. The summed E-state index contributed by atoms with van der Waals surface area (Å²) in [4.78, 5) is 0. The Balaban J connectivity index is 3.44. The molecule has 0 fully saturated rings. The molecule has 0 bridgehead atoms. The number of rotatable bonds is 10. The van der Waals surface area contributed by atoms with E-state index in [-0.39, 0.29) is 16.2 Å². The van der Waals surface area contributed by atoms with Gasteiger partial charge in [0, 0.05) is 6.07 Å². The van der Waals surface area contributed by atoms with Gasteiger partial charge in [-0.1, -0.05) is 41.5 Å². The minimum Gasteiger partial charge on any atom is -0.543 e. The highest BCUT2D eigenvalue weighted by Crippen LogP contribution is 2.52. The van der Waals surface area contributed by atoms with Crippen LogP contribution in [0.3, 0.4) is 0 Å². The van der Waals surface area contributed by atoms with Crippen molar-refractivity contribution in [2.45, 2.75) is 97.8 Å². The fourth-order valence-electron chi connectivity index (χ4n) is 2.48. The van der Waals surface area contributed by atoms with Crippen LogP contribution < -0.4 is 8.85 Å². The van der Waals surface area contributed by atoms with Gasteiger partial charge < -0.3 is 17.9 Å². The third-order valence-electron chi connectivity index (χ3n) is 6.33. The first kappa shape index (κ1) is 28.4. The Morgan fingerprint density at radius 1 is 0.742 bits per heavy atom. The lowest BCUT2D eigenvalue weighted by molar-refractivity contribution is 0.219. The summed E-state index contributed by atoms with van der Waals surface area (Å²) in [6, 6.07) is 5.91. The van der Waals surface area contributed by atoms with Crippen LogP contribution in [0.5, 0.6) is 11.5 Å². The van der Waals surface area contributed by atoms with E-state index in [0.29, 0.717) is 13.2 Å². The van der Waals surface area contributed by atoms with Crippen LogP contribution in [0, 0.1) is 0 Å². The summed E-state index contributed by atoms with van der Waals surface area (Å²) in [6.45, 7) is 26.5. The molecular formula is C23H45O5PSi2. The zero-order valence-electron chi connectivity index (χ0n) is 21.8. The molecule has 8 heteroatoms. The third-order valence-corrected chi connectivity index (χ3v) is 17.1. The molecule has 0 amide bonds. The lowest BCUT2D eigenvalue weighted by Crippen LogP contribution is -2.44. The summed E-state index contributed by atoms with van der Waals surface area (Å²) in [6.07, 6.45) is 0.192. The van der Waals surface area contributed by atoms with Crippen LogP contribution in [0.15, 0.2) is 18.2 Å². The van der Waals surface area contributed by atoms with E-state index in [0.717, 1.165) is 17.1 Å². The van der Waals surface area contributed by atoms with E-state index < -0.39 is 24.2 Å². The highest BCUT2D eigenvalue weighted by atomic mass is 31.2. The predicted octanol–water partition coefficient (Wildman–Crippen LogP) is 8.22. The minimum atomic E-state index is -3.24. The second kappa shape index (κ2) is 10.1. The smallest absolute Gasteiger partial charge is 0.335 e. The van der Waals surface area contributed by atoms with Crippen LogP contribution in [0.4, 0.5) is 0 Å². The molecule has 0 aliphatic heterocycles. The van der Waals surface area contributed by atoms with Gasteiger partial charge >= 0.3 is 7.60 Å². The molecule has 0 saturated carbocycles. The first-order valence-corrected chi connectivity index (χ1v) is 18.8. The average Bonchev–Trinajstić information content (AvgIpc) is 2.51. The molecule has 0 unspecified atom stereocenters. The fraction of sp³-hybridized carbons (Fsp3) is 0.739. The molecule has 0 saturated heterocycles. The van der Waals surface area contributed by atoms with Gasteiger partial charge in [-0.15, -0.1) is 0 Å². The summed E-state index contributed by atoms with van der Waals surface area (Å²) in [7, 11) is -7.34. The van der Waals surface area contributed by atoms with E-state index in [9.17, 15) is 4.57 Å². The van der Waals surface area contributed by atoms with Crippen LogP contribution in [0.1, 0.15) is 61.0 Å². The molecule has 1 aromatic rings. The average molecular weight is 489 g/mol. The lowest BCUT2D eigenvalue weighted by Gasteiger charge is -2.38. The zero-order chi connectivity index (χ0) is 24.3. The molecule has 0 N–H and O–H groups in total. The van der Waals surface area contributed by atoms with Crippen molar-refractivity contribution in [3.05, 3.63) is 23.8 Å². The number of benzene rings is 1. The molecular weight excluding hydrogens is 443 g/mol. The first-order valence-electron chi connectivity index (χ1n) is 11.3. The van der Waals surface area contributed by atoms with E-state index in [1.807, 2.05) is 32.0 Å². The Labute approximate surface area is 193 Å². The maximum absolute atomic E-state index is 13.2. The summed E-state index contributed by atoms with van der Waals surface area (Å²) < 4.78 is 37.4. The van der Waals surface area contributed by atoms with Gasteiger partial charge in [0.05, 0.1) is 19.4 Å². The Kier molecular flexibility index (Phi) is 9.29. The van der Waals surface area contributed by atoms with Crippen LogP contribution in [-0.4, -0.2) is 29.8 Å². The van der Waals surface area contributed by atoms with Gasteiger partial charge in [-0.2, -0.15) is 0 Å². The Morgan fingerprint density at radius 2 is 1.10 bits per heavy atom. The molecule has 0 radical (unpaired) electrons. The van der Waals surface area contributed by atoms with Crippen LogP contribution in [-0.2, 0) is 19.8 Å². The van der Waals surface area contributed by atoms with Crippen LogP contribution in [0.25, 0.3) is 0 Å². The number of hydrogen-bond acceptors (Lipinski definition) is 5. The standard InChI is InChI=1S/C23H45O5PSi2/c1-13-25-29(24,26-14-2)18-19-15-20(27-30(9,10)22(3,4)5)17-21(16-19)28-31(11,12)23(6,7)8/h15-17H,13-14,18H2,1-12H3. The van der Waals surface area contributed by atoms with Crippen molar-refractivity contribution in [1.29, 1.82) is 0 Å². The van der Waals surface area contributed by atoms with E-state index in [4.69, 9.17) is 17.9 Å². The number of hydrogen-bond donors (Lipinski definition) is 0. The minimum absolute atomic E-state index is 0.0649. The Morgan fingerprint density at radius 3 is 1.39 bits per heavy atom. The van der Waals surface area contributed by atoms with Gasteiger partial charge in [0.25, 0.3) is 0 Å². The van der Waals surface area contributed by atoms with Crippen molar-refractivity contribution in [2.24, 2.45) is 0 Å². The Hall–Kier alpha value is -0.596.